The number of hydrogen-bond acceptors (Lipinski definition) is 3. The number of carbonyl (C=O) groups is 1. The number of likely N-dealkylation sites (tertiary alicyclic amines) is 1. The van der Waals surface area contributed by atoms with E-state index in [1.165, 1.54) is 12.8 Å². The van der Waals surface area contributed by atoms with E-state index in [-0.39, 0.29) is 18.1 Å². The molecule has 3 aliphatic rings. The molecule has 6 atom stereocenters. The van der Waals surface area contributed by atoms with Gasteiger partial charge in [0.1, 0.15) is 0 Å². The highest BCUT2D eigenvalue weighted by Crippen LogP contribution is 2.36. The van der Waals surface area contributed by atoms with Crippen LogP contribution in [0.3, 0.4) is 0 Å². The van der Waals surface area contributed by atoms with Crippen molar-refractivity contribution in [2.75, 3.05) is 13.1 Å². The predicted octanol–water partition coefficient (Wildman–Crippen LogP) is 1.79. The molecule has 20 heavy (non-hydrogen) atoms. The van der Waals surface area contributed by atoms with Gasteiger partial charge in [-0.3, -0.25) is 4.79 Å². The zero-order chi connectivity index (χ0) is 14.3. The number of hydrogen-bond donors (Lipinski definition) is 1. The van der Waals surface area contributed by atoms with Crippen molar-refractivity contribution in [2.24, 2.45) is 11.8 Å². The second-order valence-electron chi connectivity index (χ2n) is 6.88. The number of carbonyl (C=O) groups excluding carboxylic acids is 1. The minimum absolute atomic E-state index is 0.0482. The Labute approximate surface area is 122 Å². The maximum absolute atomic E-state index is 13.0. The third-order valence-corrected chi connectivity index (χ3v) is 5.67. The van der Waals surface area contributed by atoms with Gasteiger partial charge in [0.25, 0.3) is 0 Å². The minimum Gasteiger partial charge on any atom is -0.374 e. The zero-order valence-electron chi connectivity index (χ0n) is 13.0. The monoisotopic (exact) mass is 280 g/mol. The third-order valence-electron chi connectivity index (χ3n) is 5.67. The number of nitrogens with zero attached hydrogens (tertiary/aromatic N) is 1. The van der Waals surface area contributed by atoms with Gasteiger partial charge in [0.05, 0.1) is 18.1 Å². The Morgan fingerprint density at radius 1 is 1.15 bits per heavy atom. The lowest BCUT2D eigenvalue weighted by molar-refractivity contribution is -0.139. The topological polar surface area (TPSA) is 41.6 Å². The standard InChI is InChI=1S/C16H28N2O2/c1-10-11(2)20-12(3)15(10)16(19)18-9-5-7-14(18)13-6-4-8-17-13/h10-15,17H,4-9H2,1-3H3. The van der Waals surface area contributed by atoms with Gasteiger partial charge < -0.3 is 15.0 Å². The zero-order valence-corrected chi connectivity index (χ0v) is 13.0. The van der Waals surface area contributed by atoms with Crippen LogP contribution in [0.5, 0.6) is 0 Å². The first-order valence-corrected chi connectivity index (χ1v) is 8.29. The minimum atomic E-state index is 0.0482. The normalized spacial score (nSPS) is 45.2. The molecule has 3 rings (SSSR count). The van der Waals surface area contributed by atoms with Crippen LogP contribution < -0.4 is 5.32 Å². The van der Waals surface area contributed by atoms with Crippen LogP contribution in [0, 0.1) is 11.8 Å². The van der Waals surface area contributed by atoms with Crippen LogP contribution in [0.4, 0.5) is 0 Å². The molecule has 0 radical (unpaired) electrons. The van der Waals surface area contributed by atoms with E-state index in [4.69, 9.17) is 4.74 Å². The summed E-state index contributed by atoms with van der Waals surface area (Å²) >= 11 is 0. The summed E-state index contributed by atoms with van der Waals surface area (Å²) in [6.07, 6.45) is 5.04. The molecule has 4 heteroatoms. The van der Waals surface area contributed by atoms with Crippen molar-refractivity contribution >= 4 is 5.91 Å². The molecule has 6 unspecified atom stereocenters. The molecule has 114 valence electrons. The molecule has 3 heterocycles. The Hall–Kier alpha value is -0.610. The molecular formula is C16H28N2O2. The Morgan fingerprint density at radius 3 is 2.55 bits per heavy atom. The third kappa shape index (κ3) is 2.37. The smallest absolute Gasteiger partial charge is 0.228 e. The van der Waals surface area contributed by atoms with Gasteiger partial charge in [-0.05, 0) is 52.0 Å². The van der Waals surface area contributed by atoms with Crippen molar-refractivity contribution in [3.63, 3.8) is 0 Å². The van der Waals surface area contributed by atoms with E-state index in [0.29, 0.717) is 23.9 Å². The van der Waals surface area contributed by atoms with Gasteiger partial charge >= 0.3 is 0 Å². The molecule has 0 saturated carbocycles. The molecule has 1 N–H and O–H groups in total. The van der Waals surface area contributed by atoms with E-state index in [2.05, 4.69) is 31.0 Å². The summed E-state index contributed by atoms with van der Waals surface area (Å²) in [6.45, 7) is 8.36. The van der Waals surface area contributed by atoms with E-state index in [1.54, 1.807) is 0 Å². The highest BCUT2D eigenvalue weighted by Gasteiger charge is 2.46. The largest absolute Gasteiger partial charge is 0.374 e. The average molecular weight is 280 g/mol. The fourth-order valence-corrected chi connectivity index (χ4v) is 4.41. The van der Waals surface area contributed by atoms with Gasteiger partial charge in [-0.1, -0.05) is 6.92 Å². The first kappa shape index (κ1) is 14.3. The maximum atomic E-state index is 13.0. The van der Waals surface area contributed by atoms with Crippen LogP contribution in [-0.4, -0.2) is 48.2 Å². The average Bonchev–Trinajstić information content (AvgIpc) is 3.11. The van der Waals surface area contributed by atoms with Gasteiger partial charge in [-0.25, -0.2) is 0 Å². The Bertz CT molecular complexity index is 367. The summed E-state index contributed by atoms with van der Waals surface area (Å²) in [4.78, 5) is 15.2. The second-order valence-corrected chi connectivity index (χ2v) is 6.88. The molecular weight excluding hydrogens is 252 g/mol. The Balaban J connectivity index is 1.72. The lowest BCUT2D eigenvalue weighted by atomic mass is 9.88. The van der Waals surface area contributed by atoms with Gasteiger partial charge in [0.15, 0.2) is 0 Å². The summed E-state index contributed by atoms with van der Waals surface area (Å²) in [5.41, 5.74) is 0. The first-order chi connectivity index (χ1) is 9.59. The van der Waals surface area contributed by atoms with Crippen molar-refractivity contribution < 1.29 is 9.53 Å². The molecule has 0 aliphatic carbocycles. The number of rotatable bonds is 2. The van der Waals surface area contributed by atoms with Crippen molar-refractivity contribution in [3.8, 4) is 0 Å². The lowest BCUT2D eigenvalue weighted by Gasteiger charge is -2.33. The van der Waals surface area contributed by atoms with Crippen molar-refractivity contribution in [1.29, 1.82) is 0 Å². The molecule has 0 spiro atoms. The molecule has 1 amide bonds. The molecule has 0 aromatic rings. The molecule has 3 aliphatic heterocycles. The number of nitrogens with one attached hydrogen (secondary N) is 1. The highest BCUT2D eigenvalue weighted by molar-refractivity contribution is 5.80. The Kier molecular flexibility index (Phi) is 4.04. The molecule has 3 fully saturated rings. The van der Waals surface area contributed by atoms with Crippen LogP contribution in [-0.2, 0) is 9.53 Å². The first-order valence-electron chi connectivity index (χ1n) is 8.29. The molecule has 4 nitrogen and oxygen atoms in total. The van der Waals surface area contributed by atoms with Gasteiger partial charge in [0.2, 0.25) is 5.91 Å². The van der Waals surface area contributed by atoms with E-state index in [9.17, 15) is 4.79 Å². The number of ether oxygens (including phenoxy) is 1. The van der Waals surface area contributed by atoms with Crippen molar-refractivity contribution in [2.45, 2.75) is 70.7 Å². The fraction of sp³-hybridized carbons (Fsp3) is 0.938. The molecule has 0 aromatic heterocycles. The van der Waals surface area contributed by atoms with Crippen LogP contribution in [0.1, 0.15) is 46.5 Å². The lowest BCUT2D eigenvalue weighted by Crippen LogP contribution is -2.50. The van der Waals surface area contributed by atoms with Crippen LogP contribution in [0.25, 0.3) is 0 Å². The van der Waals surface area contributed by atoms with Gasteiger partial charge in [-0.15, -0.1) is 0 Å². The van der Waals surface area contributed by atoms with E-state index >= 15 is 0 Å². The molecule has 3 saturated heterocycles. The van der Waals surface area contributed by atoms with E-state index in [0.717, 1.165) is 25.9 Å². The molecule has 0 aromatic carbocycles. The SMILES string of the molecule is CC1OC(C)C(C(=O)N2CCCC2C2CCCN2)C1C. The van der Waals surface area contributed by atoms with Gasteiger partial charge in [-0.2, -0.15) is 0 Å². The summed E-state index contributed by atoms with van der Waals surface area (Å²) in [5, 5.41) is 3.58. The second kappa shape index (κ2) is 5.64. The maximum Gasteiger partial charge on any atom is 0.228 e. The van der Waals surface area contributed by atoms with Crippen molar-refractivity contribution in [1.82, 2.24) is 10.2 Å². The highest BCUT2D eigenvalue weighted by atomic mass is 16.5. The van der Waals surface area contributed by atoms with Gasteiger partial charge in [0, 0.05) is 18.6 Å². The summed E-state index contributed by atoms with van der Waals surface area (Å²) in [5.74, 6) is 0.716. The van der Waals surface area contributed by atoms with E-state index < -0.39 is 0 Å². The van der Waals surface area contributed by atoms with E-state index in [1.807, 2.05) is 0 Å². The Morgan fingerprint density at radius 2 is 1.95 bits per heavy atom. The fourth-order valence-electron chi connectivity index (χ4n) is 4.41. The van der Waals surface area contributed by atoms with Crippen LogP contribution in [0.15, 0.2) is 0 Å². The van der Waals surface area contributed by atoms with Crippen molar-refractivity contribution in [3.05, 3.63) is 0 Å². The summed E-state index contributed by atoms with van der Waals surface area (Å²) in [6, 6.07) is 0.937. The quantitative estimate of drug-likeness (QED) is 0.838. The summed E-state index contributed by atoms with van der Waals surface area (Å²) in [7, 11) is 0. The predicted molar refractivity (Wildman–Crippen MR) is 78.4 cm³/mol. The molecule has 0 bridgehead atoms. The summed E-state index contributed by atoms with van der Waals surface area (Å²) < 4.78 is 5.86. The number of amides is 1. The van der Waals surface area contributed by atoms with Crippen LogP contribution in [0.2, 0.25) is 0 Å². The van der Waals surface area contributed by atoms with Crippen LogP contribution >= 0.6 is 0 Å².